The Labute approximate surface area is 97.8 Å². The van der Waals surface area contributed by atoms with Gasteiger partial charge in [0.15, 0.2) is 5.75 Å². The Bertz CT molecular complexity index is 559. The van der Waals surface area contributed by atoms with Crippen LogP contribution >= 0.6 is 0 Å². The lowest BCUT2D eigenvalue weighted by atomic mass is 10.1. The van der Waals surface area contributed by atoms with Crippen LogP contribution in [0, 0.1) is 10.1 Å². The topological polar surface area (TPSA) is 76.5 Å². The van der Waals surface area contributed by atoms with Crippen molar-refractivity contribution in [2.45, 2.75) is 26.2 Å². The van der Waals surface area contributed by atoms with Gasteiger partial charge < -0.3 is 9.52 Å². The SMILES string of the molecule is CCCCc1oc2cc([N+](=O)[O-])ccc2c1O. The van der Waals surface area contributed by atoms with Gasteiger partial charge in [-0.15, -0.1) is 0 Å². The molecule has 17 heavy (non-hydrogen) atoms. The van der Waals surface area contributed by atoms with Gasteiger partial charge in [-0.05, 0) is 12.5 Å². The average Bonchev–Trinajstić information content (AvgIpc) is 2.63. The summed E-state index contributed by atoms with van der Waals surface area (Å²) in [6.07, 6.45) is 2.55. The summed E-state index contributed by atoms with van der Waals surface area (Å²) in [6, 6.07) is 4.22. The molecule has 1 aromatic carbocycles. The number of hydrogen-bond acceptors (Lipinski definition) is 4. The first kappa shape index (κ1) is 11.4. The maximum absolute atomic E-state index is 10.6. The maximum atomic E-state index is 10.6. The van der Waals surface area contributed by atoms with E-state index in [1.54, 1.807) is 0 Å². The standard InChI is InChI=1S/C12H13NO4/c1-2-3-4-10-12(14)9-6-5-8(13(15)16)7-11(9)17-10/h5-7,14H,2-4H2,1H3. The molecule has 0 aliphatic rings. The normalized spacial score (nSPS) is 10.9. The molecule has 90 valence electrons. The average molecular weight is 235 g/mol. The van der Waals surface area contributed by atoms with Gasteiger partial charge in [0.25, 0.3) is 5.69 Å². The molecule has 1 heterocycles. The minimum absolute atomic E-state index is 0.0340. The fourth-order valence-corrected chi connectivity index (χ4v) is 1.74. The molecule has 0 fully saturated rings. The molecule has 2 rings (SSSR count). The number of rotatable bonds is 4. The summed E-state index contributed by atoms with van der Waals surface area (Å²) in [6.45, 7) is 2.05. The minimum atomic E-state index is -0.481. The van der Waals surface area contributed by atoms with E-state index in [4.69, 9.17) is 4.42 Å². The highest BCUT2D eigenvalue weighted by molar-refractivity contribution is 5.86. The third-order valence-corrected chi connectivity index (χ3v) is 2.69. The van der Waals surface area contributed by atoms with Crippen molar-refractivity contribution in [1.82, 2.24) is 0 Å². The summed E-state index contributed by atoms with van der Waals surface area (Å²) >= 11 is 0. The van der Waals surface area contributed by atoms with Crippen molar-refractivity contribution < 1.29 is 14.4 Å². The number of hydrogen-bond donors (Lipinski definition) is 1. The van der Waals surface area contributed by atoms with Crippen LogP contribution in [0.1, 0.15) is 25.5 Å². The predicted molar refractivity (Wildman–Crippen MR) is 63.1 cm³/mol. The first-order valence-corrected chi connectivity index (χ1v) is 5.52. The number of fused-ring (bicyclic) bond motifs is 1. The third-order valence-electron chi connectivity index (χ3n) is 2.69. The van der Waals surface area contributed by atoms with Gasteiger partial charge in [0.2, 0.25) is 0 Å². The summed E-state index contributed by atoms with van der Waals surface area (Å²) in [5.41, 5.74) is 0.330. The van der Waals surface area contributed by atoms with Crippen LogP contribution in [0.2, 0.25) is 0 Å². The maximum Gasteiger partial charge on any atom is 0.273 e. The van der Waals surface area contributed by atoms with Gasteiger partial charge >= 0.3 is 0 Å². The van der Waals surface area contributed by atoms with Crippen LogP contribution in [0.5, 0.6) is 5.75 Å². The van der Waals surface area contributed by atoms with Gasteiger partial charge in [-0.25, -0.2) is 0 Å². The highest BCUT2D eigenvalue weighted by atomic mass is 16.6. The first-order chi connectivity index (χ1) is 8.13. The second kappa shape index (κ2) is 4.45. The second-order valence-electron chi connectivity index (χ2n) is 3.91. The molecule has 0 radical (unpaired) electrons. The van der Waals surface area contributed by atoms with Crippen molar-refractivity contribution in [3.05, 3.63) is 34.1 Å². The van der Waals surface area contributed by atoms with E-state index < -0.39 is 4.92 Å². The van der Waals surface area contributed by atoms with Crippen molar-refractivity contribution in [2.24, 2.45) is 0 Å². The Morgan fingerprint density at radius 3 is 2.88 bits per heavy atom. The van der Waals surface area contributed by atoms with Crippen molar-refractivity contribution in [3.8, 4) is 5.75 Å². The number of benzene rings is 1. The molecule has 2 aromatic rings. The first-order valence-electron chi connectivity index (χ1n) is 5.52. The molecule has 0 aliphatic carbocycles. The number of nitro benzene ring substituents is 1. The van der Waals surface area contributed by atoms with Crippen molar-refractivity contribution in [2.75, 3.05) is 0 Å². The Kier molecular flexibility index (Phi) is 2.99. The van der Waals surface area contributed by atoms with Crippen LogP contribution in [0.3, 0.4) is 0 Å². The van der Waals surface area contributed by atoms with Crippen molar-refractivity contribution >= 4 is 16.7 Å². The van der Waals surface area contributed by atoms with Crippen LogP contribution in [0.25, 0.3) is 11.0 Å². The van der Waals surface area contributed by atoms with Gasteiger partial charge in [-0.1, -0.05) is 13.3 Å². The van der Waals surface area contributed by atoms with Crippen LogP contribution in [-0.4, -0.2) is 10.0 Å². The second-order valence-corrected chi connectivity index (χ2v) is 3.91. The number of furan rings is 1. The van der Waals surface area contributed by atoms with Crippen molar-refractivity contribution in [1.29, 1.82) is 0 Å². The zero-order chi connectivity index (χ0) is 12.4. The van der Waals surface area contributed by atoms with Gasteiger partial charge in [-0.3, -0.25) is 10.1 Å². The highest BCUT2D eigenvalue weighted by Crippen LogP contribution is 2.34. The van der Waals surface area contributed by atoms with Gasteiger partial charge in [-0.2, -0.15) is 0 Å². The highest BCUT2D eigenvalue weighted by Gasteiger charge is 2.15. The number of aryl methyl sites for hydroxylation is 1. The lowest BCUT2D eigenvalue weighted by Gasteiger charge is -1.93. The molecule has 1 N–H and O–H groups in total. The molecule has 0 aliphatic heterocycles. The fourth-order valence-electron chi connectivity index (χ4n) is 1.74. The van der Waals surface area contributed by atoms with Gasteiger partial charge in [0.1, 0.15) is 11.3 Å². The van der Waals surface area contributed by atoms with Gasteiger partial charge in [0, 0.05) is 12.5 Å². The summed E-state index contributed by atoms with van der Waals surface area (Å²) in [5, 5.41) is 21.0. The minimum Gasteiger partial charge on any atom is -0.504 e. The molecule has 0 saturated carbocycles. The molecule has 5 heteroatoms. The third kappa shape index (κ3) is 2.08. The zero-order valence-electron chi connectivity index (χ0n) is 9.47. The van der Waals surface area contributed by atoms with E-state index in [0.29, 0.717) is 23.2 Å². The number of non-ortho nitro benzene ring substituents is 1. The molecule has 0 spiro atoms. The van der Waals surface area contributed by atoms with Crippen LogP contribution in [-0.2, 0) is 6.42 Å². The lowest BCUT2D eigenvalue weighted by Crippen LogP contribution is -1.85. The number of nitro groups is 1. The smallest absolute Gasteiger partial charge is 0.273 e. The largest absolute Gasteiger partial charge is 0.504 e. The molecule has 1 aromatic heterocycles. The van der Waals surface area contributed by atoms with E-state index in [-0.39, 0.29) is 11.4 Å². The number of aromatic hydroxyl groups is 1. The Balaban J connectivity index is 2.45. The molecule has 0 unspecified atom stereocenters. The van der Waals surface area contributed by atoms with Gasteiger partial charge in [0.05, 0.1) is 16.4 Å². The molecular weight excluding hydrogens is 222 g/mol. The molecule has 0 bridgehead atoms. The number of nitrogens with zero attached hydrogens (tertiary/aromatic N) is 1. The Morgan fingerprint density at radius 2 is 2.24 bits per heavy atom. The zero-order valence-corrected chi connectivity index (χ0v) is 9.47. The lowest BCUT2D eigenvalue weighted by molar-refractivity contribution is -0.384. The van der Waals surface area contributed by atoms with Crippen LogP contribution in [0.4, 0.5) is 5.69 Å². The van der Waals surface area contributed by atoms with E-state index in [1.807, 2.05) is 6.92 Å². The predicted octanol–water partition coefficient (Wildman–Crippen LogP) is 3.39. The van der Waals surface area contributed by atoms with E-state index >= 15 is 0 Å². The Hall–Kier alpha value is -2.04. The summed E-state index contributed by atoms with van der Waals surface area (Å²) in [7, 11) is 0. The van der Waals surface area contributed by atoms with E-state index in [0.717, 1.165) is 12.8 Å². The van der Waals surface area contributed by atoms with Crippen molar-refractivity contribution in [3.63, 3.8) is 0 Å². The van der Waals surface area contributed by atoms with E-state index in [2.05, 4.69) is 0 Å². The molecule has 5 nitrogen and oxygen atoms in total. The molecule has 0 saturated heterocycles. The molecule has 0 amide bonds. The van der Waals surface area contributed by atoms with E-state index in [1.165, 1.54) is 18.2 Å². The quantitative estimate of drug-likeness (QED) is 0.650. The van der Waals surface area contributed by atoms with Crippen LogP contribution in [0.15, 0.2) is 22.6 Å². The summed E-state index contributed by atoms with van der Waals surface area (Å²) in [5.74, 6) is 0.602. The molecule has 0 atom stereocenters. The number of unbranched alkanes of at least 4 members (excludes halogenated alkanes) is 1. The summed E-state index contributed by atoms with van der Waals surface area (Å²) < 4.78 is 5.44. The van der Waals surface area contributed by atoms with Crippen LogP contribution < -0.4 is 0 Å². The Morgan fingerprint density at radius 1 is 1.47 bits per heavy atom. The monoisotopic (exact) mass is 235 g/mol. The summed E-state index contributed by atoms with van der Waals surface area (Å²) in [4.78, 5) is 10.1. The molecular formula is C12H13NO4. The fraction of sp³-hybridized carbons (Fsp3) is 0.333. The van der Waals surface area contributed by atoms with E-state index in [9.17, 15) is 15.2 Å².